The fourth-order valence-corrected chi connectivity index (χ4v) is 2.11. The van der Waals surface area contributed by atoms with Crippen molar-refractivity contribution in [2.24, 2.45) is 0 Å². The van der Waals surface area contributed by atoms with E-state index in [-0.39, 0.29) is 0 Å². The molecule has 0 heterocycles. The van der Waals surface area contributed by atoms with E-state index in [1.54, 1.807) is 0 Å². The number of hydroxylamine groups is 2. The lowest BCUT2D eigenvalue weighted by Crippen LogP contribution is -2.27. The van der Waals surface area contributed by atoms with Crippen molar-refractivity contribution in [1.29, 1.82) is 0 Å². The molecule has 0 aliphatic heterocycles. The number of hydrogen-bond acceptors (Lipinski definition) is 2. The Morgan fingerprint density at radius 1 is 0.857 bits per heavy atom. The van der Waals surface area contributed by atoms with Crippen LogP contribution in [0.2, 0.25) is 0 Å². The maximum Gasteiger partial charge on any atom is 0.0935 e. The van der Waals surface area contributed by atoms with Crippen LogP contribution in [0, 0.1) is 0 Å². The molecule has 0 aromatic heterocycles. The largest absolute Gasteiger partial charge is 0.294 e. The van der Waals surface area contributed by atoms with Crippen LogP contribution in [0.4, 0.5) is 0 Å². The average Bonchev–Trinajstić information content (AvgIpc) is 2.56. The third-order valence-corrected chi connectivity index (χ3v) is 3.33. The minimum absolute atomic E-state index is 0.618. The van der Waals surface area contributed by atoms with E-state index in [1.165, 1.54) is 11.1 Å². The summed E-state index contributed by atoms with van der Waals surface area (Å²) in [5, 5.41) is 2.04. The van der Waals surface area contributed by atoms with Gasteiger partial charge in [-0.25, -0.2) is 0 Å². The highest BCUT2D eigenvalue weighted by Crippen LogP contribution is 2.06. The smallest absolute Gasteiger partial charge is 0.0935 e. The highest BCUT2D eigenvalue weighted by atomic mass is 16.7. The summed E-state index contributed by atoms with van der Waals surface area (Å²) in [6.45, 7) is 6.18. The summed E-state index contributed by atoms with van der Waals surface area (Å²) in [7, 11) is 0. The lowest BCUT2D eigenvalue weighted by atomic mass is 10.1. The summed E-state index contributed by atoms with van der Waals surface area (Å²) in [6, 6.07) is 20.8. The van der Waals surface area contributed by atoms with Gasteiger partial charge in [0, 0.05) is 13.1 Å². The van der Waals surface area contributed by atoms with Gasteiger partial charge in [-0.1, -0.05) is 66.7 Å². The molecule has 21 heavy (non-hydrogen) atoms. The van der Waals surface area contributed by atoms with Gasteiger partial charge in [0.25, 0.3) is 0 Å². The molecule has 2 aromatic carbocycles. The van der Waals surface area contributed by atoms with E-state index in [0.29, 0.717) is 6.61 Å². The van der Waals surface area contributed by atoms with E-state index < -0.39 is 0 Å². The highest BCUT2D eigenvalue weighted by molar-refractivity contribution is 5.15. The van der Waals surface area contributed by atoms with Crippen molar-refractivity contribution in [3.8, 4) is 0 Å². The summed E-state index contributed by atoms with van der Waals surface area (Å²) in [4.78, 5) is 5.94. The molecule has 110 valence electrons. The van der Waals surface area contributed by atoms with Gasteiger partial charge < -0.3 is 0 Å². The number of nitrogens with zero attached hydrogens (tertiary/aromatic N) is 1. The molecule has 0 saturated heterocycles. The molecule has 2 nitrogen and oxygen atoms in total. The molecule has 2 rings (SSSR count). The topological polar surface area (TPSA) is 12.5 Å². The first-order valence-electron chi connectivity index (χ1n) is 7.45. The Hall–Kier alpha value is -1.90. The monoisotopic (exact) mass is 281 g/mol. The van der Waals surface area contributed by atoms with E-state index in [4.69, 9.17) is 4.84 Å². The van der Waals surface area contributed by atoms with Crippen LogP contribution in [0.15, 0.2) is 73.3 Å². The molecular formula is C19H23NO. The second-order valence-corrected chi connectivity index (χ2v) is 5.00. The first-order chi connectivity index (χ1) is 10.4. The Labute approximate surface area is 127 Å². The van der Waals surface area contributed by atoms with Gasteiger partial charge in [0.2, 0.25) is 0 Å². The minimum atomic E-state index is 0.618. The molecule has 0 spiro atoms. The standard InChI is InChI=1S/C19H23NO/c1-2-3-15-20(16-14-18-10-6-4-7-11-18)21-17-19-12-8-5-9-13-19/h2,4-13H,1,3,14-17H2. The zero-order valence-electron chi connectivity index (χ0n) is 12.4. The van der Waals surface area contributed by atoms with Crippen molar-refractivity contribution in [3.05, 3.63) is 84.4 Å². The summed E-state index contributed by atoms with van der Waals surface area (Å²) >= 11 is 0. The highest BCUT2D eigenvalue weighted by Gasteiger charge is 2.05. The van der Waals surface area contributed by atoms with E-state index in [1.807, 2.05) is 35.4 Å². The summed E-state index contributed by atoms with van der Waals surface area (Å²) < 4.78 is 0. The van der Waals surface area contributed by atoms with Crippen LogP contribution in [-0.2, 0) is 17.9 Å². The molecule has 2 heteroatoms. The van der Waals surface area contributed by atoms with Gasteiger partial charge >= 0.3 is 0 Å². The molecular weight excluding hydrogens is 258 g/mol. The molecule has 2 aromatic rings. The zero-order valence-corrected chi connectivity index (χ0v) is 12.4. The van der Waals surface area contributed by atoms with Crippen molar-refractivity contribution in [2.75, 3.05) is 13.1 Å². The van der Waals surface area contributed by atoms with Crippen molar-refractivity contribution < 1.29 is 4.84 Å². The molecule has 0 saturated carbocycles. The second-order valence-electron chi connectivity index (χ2n) is 5.00. The van der Waals surface area contributed by atoms with Crippen molar-refractivity contribution in [2.45, 2.75) is 19.4 Å². The van der Waals surface area contributed by atoms with Gasteiger partial charge in [0.15, 0.2) is 0 Å². The van der Waals surface area contributed by atoms with E-state index in [0.717, 1.165) is 25.9 Å². The van der Waals surface area contributed by atoms with Gasteiger partial charge in [-0.3, -0.25) is 4.84 Å². The number of rotatable bonds is 9. The van der Waals surface area contributed by atoms with Crippen LogP contribution in [0.1, 0.15) is 17.5 Å². The first-order valence-corrected chi connectivity index (χ1v) is 7.45. The number of hydrogen-bond donors (Lipinski definition) is 0. The Morgan fingerprint density at radius 2 is 1.48 bits per heavy atom. The minimum Gasteiger partial charge on any atom is -0.294 e. The van der Waals surface area contributed by atoms with Crippen molar-refractivity contribution in [3.63, 3.8) is 0 Å². The van der Waals surface area contributed by atoms with Crippen LogP contribution in [0.25, 0.3) is 0 Å². The Bertz CT molecular complexity index is 466. The van der Waals surface area contributed by atoms with Crippen molar-refractivity contribution in [1.82, 2.24) is 5.06 Å². The van der Waals surface area contributed by atoms with Crippen LogP contribution >= 0.6 is 0 Å². The molecule has 0 amide bonds. The molecule has 0 radical (unpaired) electrons. The lowest BCUT2D eigenvalue weighted by Gasteiger charge is -2.21. The molecule has 0 aliphatic rings. The molecule has 0 N–H and O–H groups in total. The fourth-order valence-electron chi connectivity index (χ4n) is 2.11. The van der Waals surface area contributed by atoms with Crippen LogP contribution in [0.5, 0.6) is 0 Å². The second kappa shape index (κ2) is 9.11. The molecule has 0 unspecified atom stereocenters. The van der Waals surface area contributed by atoms with Crippen LogP contribution < -0.4 is 0 Å². The van der Waals surface area contributed by atoms with Gasteiger partial charge in [-0.15, -0.1) is 6.58 Å². The third-order valence-electron chi connectivity index (χ3n) is 3.33. The Morgan fingerprint density at radius 3 is 2.10 bits per heavy atom. The normalized spacial score (nSPS) is 10.7. The Balaban J connectivity index is 1.83. The molecule has 0 atom stereocenters. The summed E-state index contributed by atoms with van der Waals surface area (Å²) in [6.07, 6.45) is 3.86. The first kappa shape index (κ1) is 15.5. The SMILES string of the molecule is C=CCCN(CCc1ccccc1)OCc1ccccc1. The van der Waals surface area contributed by atoms with Crippen LogP contribution in [0.3, 0.4) is 0 Å². The van der Waals surface area contributed by atoms with Gasteiger partial charge in [-0.05, 0) is 24.0 Å². The summed E-state index contributed by atoms with van der Waals surface area (Å²) in [5.41, 5.74) is 2.53. The zero-order chi connectivity index (χ0) is 14.8. The summed E-state index contributed by atoms with van der Waals surface area (Å²) in [5.74, 6) is 0. The maximum absolute atomic E-state index is 5.94. The quantitative estimate of drug-likeness (QED) is 0.503. The van der Waals surface area contributed by atoms with Crippen molar-refractivity contribution >= 4 is 0 Å². The molecule has 0 bridgehead atoms. The van der Waals surface area contributed by atoms with Gasteiger partial charge in [0.1, 0.15) is 0 Å². The molecule has 0 fully saturated rings. The number of benzene rings is 2. The molecule has 0 aliphatic carbocycles. The predicted molar refractivity (Wildman–Crippen MR) is 87.8 cm³/mol. The van der Waals surface area contributed by atoms with E-state index in [2.05, 4.69) is 43.0 Å². The van der Waals surface area contributed by atoms with Gasteiger partial charge in [-0.2, -0.15) is 5.06 Å². The maximum atomic E-state index is 5.94. The predicted octanol–water partition coefficient (Wildman–Crippen LogP) is 4.24. The van der Waals surface area contributed by atoms with E-state index >= 15 is 0 Å². The Kier molecular flexibility index (Phi) is 6.72. The van der Waals surface area contributed by atoms with Gasteiger partial charge in [0.05, 0.1) is 6.61 Å². The van der Waals surface area contributed by atoms with Crippen LogP contribution in [-0.4, -0.2) is 18.2 Å². The fraction of sp³-hybridized carbons (Fsp3) is 0.263. The lowest BCUT2D eigenvalue weighted by molar-refractivity contribution is -0.168. The van der Waals surface area contributed by atoms with E-state index in [9.17, 15) is 0 Å². The average molecular weight is 281 g/mol. The third kappa shape index (κ3) is 5.94.